The fraction of sp³-hybridized carbons (Fsp3) is 0.905. The molecule has 0 unspecified atom stereocenters. The maximum absolute atomic E-state index is 12.6. The molecule has 1 atom stereocenters. The van der Waals surface area contributed by atoms with Gasteiger partial charge in [0, 0.05) is 12.8 Å². The molecule has 0 aromatic carbocycles. The smallest absolute Gasteiger partial charge is 0.305 e. The van der Waals surface area contributed by atoms with Gasteiger partial charge in [-0.25, -0.2) is 0 Å². The predicted octanol–water partition coefficient (Wildman–Crippen LogP) is 3.91. The van der Waals surface area contributed by atoms with Gasteiger partial charge in [-0.15, -0.1) is 0 Å². The number of likely N-dealkylation sites (tertiary alicyclic amines) is 1. The lowest BCUT2D eigenvalue weighted by molar-refractivity contribution is -0.148. The van der Waals surface area contributed by atoms with Crippen LogP contribution in [0.2, 0.25) is 13.1 Å². The summed E-state index contributed by atoms with van der Waals surface area (Å²) >= 11 is 0. The quantitative estimate of drug-likeness (QED) is 0.437. The maximum Gasteiger partial charge on any atom is 0.305 e. The first kappa shape index (κ1) is 22.4. The van der Waals surface area contributed by atoms with Crippen LogP contribution in [0.25, 0.3) is 0 Å². The van der Waals surface area contributed by atoms with E-state index in [2.05, 4.69) is 33.9 Å². The normalized spacial score (nSPS) is 24.2. The van der Waals surface area contributed by atoms with Crippen molar-refractivity contribution in [1.82, 2.24) is 4.90 Å². The zero-order chi connectivity index (χ0) is 20.1. The van der Waals surface area contributed by atoms with Gasteiger partial charge >= 0.3 is 5.97 Å². The molecule has 1 aliphatic carbocycles. The summed E-state index contributed by atoms with van der Waals surface area (Å²) in [6, 6.07) is 0. The monoisotopic (exact) mass is 397 g/mol. The zero-order valence-corrected chi connectivity index (χ0v) is 19.2. The number of hydrogen-bond donors (Lipinski definition) is 0. The molecular weight excluding hydrogens is 358 g/mol. The minimum absolute atomic E-state index is 0.0884. The summed E-state index contributed by atoms with van der Waals surface area (Å²) in [5.74, 6) is 0.727. The number of ether oxygens (including phenoxy) is 1. The minimum atomic E-state index is -1.18. The third kappa shape index (κ3) is 5.80. The fourth-order valence-corrected chi connectivity index (χ4v) is 5.17. The summed E-state index contributed by atoms with van der Waals surface area (Å²) in [6.07, 6.45) is 7.92. The van der Waals surface area contributed by atoms with Crippen molar-refractivity contribution in [2.24, 2.45) is 11.3 Å². The van der Waals surface area contributed by atoms with E-state index in [1.807, 2.05) is 4.90 Å². The minimum Gasteiger partial charge on any atom is -0.464 e. The summed E-state index contributed by atoms with van der Waals surface area (Å²) in [5, 5.41) is 0. The maximum atomic E-state index is 12.6. The van der Waals surface area contributed by atoms with E-state index < -0.39 is 9.04 Å². The second-order valence-corrected chi connectivity index (χ2v) is 12.0. The summed E-state index contributed by atoms with van der Waals surface area (Å²) in [5.41, 5.74) is -0.396. The third-order valence-electron chi connectivity index (χ3n) is 6.43. The number of amides is 1. The molecule has 1 saturated carbocycles. The molecule has 6 heteroatoms. The number of esters is 1. The number of nitrogens with zero attached hydrogens (tertiary/aromatic N) is 1. The van der Waals surface area contributed by atoms with Crippen LogP contribution in [0.15, 0.2) is 0 Å². The largest absolute Gasteiger partial charge is 0.464 e. The van der Waals surface area contributed by atoms with Gasteiger partial charge in [-0.3, -0.25) is 9.59 Å². The molecule has 2 aliphatic rings. The van der Waals surface area contributed by atoms with E-state index in [1.165, 1.54) is 25.7 Å². The van der Waals surface area contributed by atoms with Crippen molar-refractivity contribution < 1.29 is 18.8 Å². The highest BCUT2D eigenvalue weighted by atomic mass is 28.3. The van der Waals surface area contributed by atoms with Gasteiger partial charge in [0.15, 0.2) is 9.04 Å². The van der Waals surface area contributed by atoms with E-state index in [9.17, 15) is 9.59 Å². The van der Waals surface area contributed by atoms with Gasteiger partial charge in [0.25, 0.3) is 0 Å². The number of carbonyl (C=O) groups is 2. The molecule has 0 spiro atoms. The van der Waals surface area contributed by atoms with Crippen molar-refractivity contribution in [1.29, 1.82) is 0 Å². The van der Waals surface area contributed by atoms with Crippen LogP contribution in [-0.4, -0.2) is 51.1 Å². The lowest BCUT2D eigenvalue weighted by Crippen LogP contribution is -2.58. The lowest BCUT2D eigenvalue weighted by atomic mass is 9.72. The van der Waals surface area contributed by atoms with Gasteiger partial charge in [0.1, 0.15) is 6.61 Å². The second kappa shape index (κ2) is 9.55. The van der Waals surface area contributed by atoms with Gasteiger partial charge < -0.3 is 14.1 Å². The summed E-state index contributed by atoms with van der Waals surface area (Å²) in [4.78, 5) is 26.6. The Hall–Kier alpha value is -0.883. The molecule has 0 aromatic heterocycles. The molecule has 1 aliphatic heterocycles. The van der Waals surface area contributed by atoms with Crippen LogP contribution in [-0.2, 0) is 18.8 Å². The molecule has 1 amide bonds. The molecule has 5 nitrogen and oxygen atoms in total. The molecule has 0 N–H and O–H groups in total. The van der Waals surface area contributed by atoms with Gasteiger partial charge in [-0.1, -0.05) is 46.5 Å². The van der Waals surface area contributed by atoms with Gasteiger partial charge in [-0.2, -0.15) is 0 Å². The third-order valence-corrected chi connectivity index (χ3v) is 7.26. The fourth-order valence-electron chi connectivity index (χ4n) is 4.56. The van der Waals surface area contributed by atoms with E-state index in [-0.39, 0.29) is 29.4 Å². The van der Waals surface area contributed by atoms with Crippen LogP contribution in [0.5, 0.6) is 0 Å². The number of rotatable bonds is 9. The van der Waals surface area contributed by atoms with Gasteiger partial charge in [0.2, 0.25) is 5.91 Å². The summed E-state index contributed by atoms with van der Waals surface area (Å²) < 4.78 is 11.6. The van der Waals surface area contributed by atoms with Crippen molar-refractivity contribution in [2.45, 2.75) is 90.8 Å². The number of carbonyl (C=O) groups excluding carboxylic acids is 2. The number of hydrogen-bond acceptors (Lipinski definition) is 4. The summed E-state index contributed by atoms with van der Waals surface area (Å²) in [6.45, 7) is 12.2. The van der Waals surface area contributed by atoms with Gasteiger partial charge in [-0.05, 0) is 37.3 Å². The van der Waals surface area contributed by atoms with Crippen LogP contribution in [0.4, 0.5) is 0 Å². The first-order valence-electron chi connectivity index (χ1n) is 10.7. The summed E-state index contributed by atoms with van der Waals surface area (Å²) in [7, 11) is -1.18. The zero-order valence-electron chi connectivity index (χ0n) is 18.0. The van der Waals surface area contributed by atoms with E-state index in [0.717, 1.165) is 12.8 Å². The molecule has 2 fully saturated rings. The molecule has 156 valence electrons. The van der Waals surface area contributed by atoms with Crippen molar-refractivity contribution in [2.75, 3.05) is 19.8 Å². The predicted molar refractivity (Wildman–Crippen MR) is 110 cm³/mol. The van der Waals surface area contributed by atoms with Crippen LogP contribution in [0, 0.1) is 11.3 Å². The Morgan fingerprint density at radius 1 is 1.26 bits per heavy atom. The van der Waals surface area contributed by atoms with Crippen molar-refractivity contribution in [3.05, 3.63) is 0 Å². The molecular formula is C21H39NO4Si. The average molecular weight is 398 g/mol. The first-order chi connectivity index (χ1) is 12.7. The van der Waals surface area contributed by atoms with Crippen LogP contribution < -0.4 is 0 Å². The lowest BCUT2D eigenvalue weighted by Gasteiger charge is -2.48. The Labute approximate surface area is 166 Å². The molecule has 0 aromatic rings. The first-order valence-corrected chi connectivity index (χ1v) is 13.5. The van der Waals surface area contributed by atoms with Crippen LogP contribution in [0.3, 0.4) is 0 Å². The Balaban J connectivity index is 1.88. The highest BCUT2D eigenvalue weighted by molar-refractivity contribution is 6.48. The molecule has 1 heterocycles. The van der Waals surface area contributed by atoms with Crippen LogP contribution in [0.1, 0.15) is 72.1 Å². The van der Waals surface area contributed by atoms with E-state index in [1.54, 1.807) is 0 Å². The molecule has 0 bridgehead atoms. The second-order valence-electron chi connectivity index (χ2n) is 9.60. The molecule has 27 heavy (non-hydrogen) atoms. The van der Waals surface area contributed by atoms with E-state index in [4.69, 9.17) is 9.16 Å². The van der Waals surface area contributed by atoms with E-state index >= 15 is 0 Å². The van der Waals surface area contributed by atoms with Crippen LogP contribution >= 0.6 is 0 Å². The topological polar surface area (TPSA) is 55.8 Å². The Kier molecular flexibility index (Phi) is 7.92. The highest BCUT2D eigenvalue weighted by Gasteiger charge is 2.52. The molecule has 1 saturated heterocycles. The van der Waals surface area contributed by atoms with Crippen molar-refractivity contribution in [3.8, 4) is 0 Å². The Morgan fingerprint density at radius 2 is 1.93 bits per heavy atom. The standard InChI is InChI=1S/C21H39NO4Si/c1-20(2,3)21(16-26-27(4)5)13-12-18(23)22(21)14-15-25-19(24)11-10-17-8-6-7-9-17/h17,27H,6-16H2,1-5H3/t21-/m0/s1. The van der Waals surface area contributed by atoms with Gasteiger partial charge in [0.05, 0.1) is 18.7 Å². The molecule has 0 radical (unpaired) electrons. The Bertz CT molecular complexity index is 511. The van der Waals surface area contributed by atoms with Crippen molar-refractivity contribution in [3.63, 3.8) is 0 Å². The SMILES string of the molecule is C[SiH](C)OC[C@]1(C(C)(C)C)CCC(=O)N1CCOC(=O)CCC1CCCC1. The van der Waals surface area contributed by atoms with Crippen molar-refractivity contribution >= 4 is 20.9 Å². The average Bonchev–Trinajstić information content (AvgIpc) is 3.20. The molecule has 2 rings (SSSR count). The van der Waals surface area contributed by atoms with E-state index in [0.29, 0.717) is 31.9 Å². The Morgan fingerprint density at radius 3 is 2.52 bits per heavy atom. The highest BCUT2D eigenvalue weighted by Crippen LogP contribution is 2.44.